The van der Waals surface area contributed by atoms with Gasteiger partial charge in [-0.3, -0.25) is 4.98 Å². The number of H-pyrrole nitrogens is 2. The number of nitrogens with zero attached hydrogens (tertiary/aromatic N) is 1. The lowest BCUT2D eigenvalue weighted by atomic mass is 10.3. The number of fused-ring (bicyclic) bond motifs is 1. The Morgan fingerprint density at radius 1 is 1.45 bits per heavy atom. The van der Waals surface area contributed by atoms with Crippen LogP contribution in [0.15, 0.2) is 12.3 Å². The molecular weight excluding hydrogens is 138 g/mol. The number of nitrogens with one attached hydrogen (secondary N) is 2. The third kappa shape index (κ3) is 0.888. The molecule has 0 saturated heterocycles. The SMILES string of the molecule is Cc1nc(C)c2cc[nH]c2[nH+]1. The number of hydrogen-bond donors (Lipinski definition) is 1. The van der Waals surface area contributed by atoms with Gasteiger partial charge in [-0.25, -0.2) is 4.98 Å². The molecule has 0 amide bonds. The van der Waals surface area contributed by atoms with Gasteiger partial charge in [0.1, 0.15) is 5.69 Å². The first-order valence-corrected chi connectivity index (χ1v) is 3.61. The minimum absolute atomic E-state index is 0.942. The quantitative estimate of drug-likeness (QED) is 0.595. The van der Waals surface area contributed by atoms with Crippen molar-refractivity contribution in [1.29, 1.82) is 0 Å². The number of aryl methyl sites for hydroxylation is 2. The van der Waals surface area contributed by atoms with Crippen LogP contribution in [0.2, 0.25) is 0 Å². The third-order valence-electron chi connectivity index (χ3n) is 1.78. The lowest BCUT2D eigenvalue weighted by Crippen LogP contribution is -2.11. The van der Waals surface area contributed by atoms with Crippen LogP contribution in [0.5, 0.6) is 0 Å². The Morgan fingerprint density at radius 3 is 3.09 bits per heavy atom. The van der Waals surface area contributed by atoms with Crippen LogP contribution < -0.4 is 4.98 Å². The number of rotatable bonds is 0. The van der Waals surface area contributed by atoms with E-state index in [1.165, 1.54) is 0 Å². The molecule has 2 N–H and O–H groups in total. The molecule has 3 heteroatoms. The Bertz CT molecular complexity index is 389. The molecule has 0 unspecified atom stereocenters. The average Bonchev–Trinajstić information content (AvgIpc) is 2.34. The second kappa shape index (κ2) is 2.05. The third-order valence-corrected chi connectivity index (χ3v) is 1.78. The summed E-state index contributed by atoms with van der Waals surface area (Å²) in [4.78, 5) is 10.5. The van der Waals surface area contributed by atoms with Crippen molar-refractivity contribution in [3.8, 4) is 0 Å². The largest absolute Gasteiger partial charge is 0.279 e. The van der Waals surface area contributed by atoms with Gasteiger partial charge in [0.15, 0.2) is 0 Å². The minimum Gasteiger partial charge on any atom is -0.279 e. The fraction of sp³-hybridized carbons (Fsp3) is 0.250. The van der Waals surface area contributed by atoms with Gasteiger partial charge in [0.05, 0.1) is 11.6 Å². The molecular formula is C8H10N3+. The standard InChI is InChI=1S/C8H9N3/c1-5-7-3-4-9-8(7)11-6(2)10-5/h3-4H,1-2H3,(H,9,10,11)/p+1. The molecule has 0 bridgehead atoms. The van der Waals surface area contributed by atoms with Gasteiger partial charge in [-0.05, 0) is 13.0 Å². The van der Waals surface area contributed by atoms with E-state index >= 15 is 0 Å². The lowest BCUT2D eigenvalue weighted by Gasteiger charge is -1.89. The highest BCUT2D eigenvalue weighted by Crippen LogP contribution is 2.09. The van der Waals surface area contributed by atoms with E-state index in [0.717, 1.165) is 22.6 Å². The van der Waals surface area contributed by atoms with Crippen molar-refractivity contribution in [3.05, 3.63) is 23.8 Å². The van der Waals surface area contributed by atoms with Crippen LogP contribution in [0.1, 0.15) is 11.5 Å². The van der Waals surface area contributed by atoms with Crippen LogP contribution in [0.4, 0.5) is 0 Å². The average molecular weight is 148 g/mol. The highest BCUT2D eigenvalue weighted by Gasteiger charge is 2.06. The van der Waals surface area contributed by atoms with Gasteiger partial charge in [-0.15, -0.1) is 4.98 Å². The first-order valence-electron chi connectivity index (χ1n) is 3.61. The van der Waals surface area contributed by atoms with Crippen LogP contribution in [0.25, 0.3) is 11.0 Å². The van der Waals surface area contributed by atoms with Gasteiger partial charge >= 0.3 is 0 Å². The highest BCUT2D eigenvalue weighted by atomic mass is 14.9. The molecule has 2 rings (SSSR count). The molecule has 0 atom stereocenters. The molecule has 2 aromatic heterocycles. The van der Waals surface area contributed by atoms with Crippen LogP contribution in [0.3, 0.4) is 0 Å². The Labute approximate surface area is 64.5 Å². The highest BCUT2D eigenvalue weighted by molar-refractivity contribution is 5.74. The van der Waals surface area contributed by atoms with Gasteiger partial charge in [0, 0.05) is 6.92 Å². The van der Waals surface area contributed by atoms with E-state index in [9.17, 15) is 0 Å². The zero-order chi connectivity index (χ0) is 7.84. The summed E-state index contributed by atoms with van der Waals surface area (Å²) in [6.45, 7) is 3.96. The number of hydrogen-bond acceptors (Lipinski definition) is 1. The monoisotopic (exact) mass is 148 g/mol. The maximum absolute atomic E-state index is 4.30. The Balaban J connectivity index is 2.91. The zero-order valence-corrected chi connectivity index (χ0v) is 6.60. The van der Waals surface area contributed by atoms with Crippen molar-refractivity contribution < 1.29 is 4.98 Å². The molecule has 0 radical (unpaired) electrons. The maximum Gasteiger partial charge on any atom is 0.234 e. The molecule has 0 fully saturated rings. The summed E-state index contributed by atoms with van der Waals surface area (Å²) in [5.41, 5.74) is 2.12. The Morgan fingerprint density at radius 2 is 2.27 bits per heavy atom. The van der Waals surface area contributed by atoms with Crippen molar-refractivity contribution in [1.82, 2.24) is 9.97 Å². The summed E-state index contributed by atoms with van der Waals surface area (Å²) in [6, 6.07) is 2.02. The molecule has 0 spiro atoms. The zero-order valence-electron chi connectivity index (χ0n) is 6.60. The van der Waals surface area contributed by atoms with E-state index < -0.39 is 0 Å². The van der Waals surface area contributed by atoms with Crippen molar-refractivity contribution in [2.75, 3.05) is 0 Å². The molecule has 0 aromatic carbocycles. The second-order valence-electron chi connectivity index (χ2n) is 2.67. The molecule has 56 valence electrons. The molecule has 3 nitrogen and oxygen atoms in total. The van der Waals surface area contributed by atoms with Crippen LogP contribution in [0, 0.1) is 13.8 Å². The summed E-state index contributed by atoms with van der Waals surface area (Å²) >= 11 is 0. The summed E-state index contributed by atoms with van der Waals surface area (Å²) < 4.78 is 0. The van der Waals surface area contributed by atoms with Crippen LogP contribution >= 0.6 is 0 Å². The van der Waals surface area contributed by atoms with Gasteiger partial charge in [0.2, 0.25) is 11.5 Å². The van der Waals surface area contributed by atoms with E-state index in [-0.39, 0.29) is 0 Å². The lowest BCUT2D eigenvalue weighted by molar-refractivity contribution is -0.362. The van der Waals surface area contributed by atoms with Gasteiger partial charge in [-0.2, -0.15) is 0 Å². The van der Waals surface area contributed by atoms with Crippen molar-refractivity contribution >= 4 is 11.0 Å². The van der Waals surface area contributed by atoms with Gasteiger partial charge in [-0.1, -0.05) is 0 Å². The minimum atomic E-state index is 0.942. The van der Waals surface area contributed by atoms with Gasteiger partial charge in [0.25, 0.3) is 0 Å². The number of aromatic nitrogens is 3. The van der Waals surface area contributed by atoms with E-state index in [1.54, 1.807) is 0 Å². The maximum atomic E-state index is 4.30. The van der Waals surface area contributed by atoms with Crippen LogP contribution in [-0.4, -0.2) is 9.97 Å². The normalized spacial score (nSPS) is 10.7. The fourth-order valence-electron chi connectivity index (χ4n) is 1.29. The molecule has 0 aliphatic carbocycles. The summed E-state index contributed by atoms with van der Waals surface area (Å²) in [6.07, 6.45) is 1.91. The predicted molar refractivity (Wildman–Crippen MR) is 42.1 cm³/mol. The Hall–Kier alpha value is -1.38. The van der Waals surface area contributed by atoms with Crippen molar-refractivity contribution in [3.63, 3.8) is 0 Å². The smallest absolute Gasteiger partial charge is 0.234 e. The predicted octanol–water partition coefficient (Wildman–Crippen LogP) is 0.994. The molecule has 2 aromatic rings. The van der Waals surface area contributed by atoms with Gasteiger partial charge < -0.3 is 0 Å². The fourth-order valence-corrected chi connectivity index (χ4v) is 1.29. The topological polar surface area (TPSA) is 42.8 Å². The van der Waals surface area contributed by atoms with Crippen molar-refractivity contribution in [2.45, 2.75) is 13.8 Å². The first-order chi connectivity index (χ1) is 5.27. The first kappa shape index (κ1) is 6.34. The summed E-state index contributed by atoms with van der Waals surface area (Å²) in [5.74, 6) is 0.942. The second-order valence-corrected chi connectivity index (χ2v) is 2.67. The van der Waals surface area contributed by atoms with E-state index in [1.807, 2.05) is 26.1 Å². The van der Waals surface area contributed by atoms with Crippen molar-refractivity contribution in [2.24, 2.45) is 0 Å². The molecule has 11 heavy (non-hydrogen) atoms. The molecule has 0 aliphatic heterocycles. The molecule has 0 aliphatic rings. The van der Waals surface area contributed by atoms with E-state index in [0.29, 0.717) is 0 Å². The van der Waals surface area contributed by atoms with E-state index in [4.69, 9.17) is 0 Å². The number of aromatic amines is 2. The van der Waals surface area contributed by atoms with E-state index in [2.05, 4.69) is 15.0 Å². The Kier molecular flexibility index (Phi) is 1.18. The molecule has 0 saturated carbocycles. The van der Waals surface area contributed by atoms with Crippen LogP contribution in [-0.2, 0) is 0 Å². The summed E-state index contributed by atoms with van der Waals surface area (Å²) in [7, 11) is 0. The molecule has 2 heterocycles. The summed E-state index contributed by atoms with van der Waals surface area (Å²) in [5, 5.41) is 1.16.